The summed E-state index contributed by atoms with van der Waals surface area (Å²) < 4.78 is 29.3. The van der Waals surface area contributed by atoms with Gasteiger partial charge in [0.05, 0.1) is 6.04 Å². The molecule has 0 saturated carbocycles. The standard InChI is InChI=1S/C17H20BrNO4S/c1-4-11-19(12(2)13-7-5-6-8-14(13)18)17(20)15-9-10-16(23-15)24(3,21)22/h5-10,12H,4,11H2,1-3H3. The first-order valence-corrected chi connectivity index (χ1v) is 10.3. The predicted molar refractivity (Wildman–Crippen MR) is 95.7 cm³/mol. The van der Waals surface area contributed by atoms with E-state index in [4.69, 9.17) is 4.42 Å². The molecule has 0 aliphatic rings. The van der Waals surface area contributed by atoms with Gasteiger partial charge in [0.15, 0.2) is 5.76 Å². The number of halogens is 1. The first kappa shape index (κ1) is 18.7. The van der Waals surface area contributed by atoms with Crippen LogP contribution in [-0.2, 0) is 9.84 Å². The predicted octanol–water partition coefficient (Wildman–Crippen LogP) is 4.06. The zero-order valence-electron chi connectivity index (χ0n) is 13.8. The number of hydrogen-bond acceptors (Lipinski definition) is 4. The Morgan fingerprint density at radius 2 is 1.92 bits per heavy atom. The molecule has 0 spiro atoms. The Hall–Kier alpha value is -1.60. The minimum atomic E-state index is -3.48. The lowest BCUT2D eigenvalue weighted by atomic mass is 10.1. The van der Waals surface area contributed by atoms with Crippen molar-refractivity contribution < 1.29 is 17.6 Å². The quantitative estimate of drug-likeness (QED) is 0.715. The molecule has 24 heavy (non-hydrogen) atoms. The largest absolute Gasteiger partial charge is 0.440 e. The van der Waals surface area contributed by atoms with E-state index in [9.17, 15) is 13.2 Å². The van der Waals surface area contributed by atoms with Gasteiger partial charge in [0.2, 0.25) is 14.9 Å². The highest BCUT2D eigenvalue weighted by Crippen LogP contribution is 2.29. The summed E-state index contributed by atoms with van der Waals surface area (Å²) in [6.45, 7) is 4.46. The molecule has 130 valence electrons. The lowest BCUT2D eigenvalue weighted by molar-refractivity contribution is 0.0651. The molecule has 1 aromatic carbocycles. The van der Waals surface area contributed by atoms with Crippen LogP contribution in [-0.4, -0.2) is 32.0 Å². The summed E-state index contributed by atoms with van der Waals surface area (Å²) in [4.78, 5) is 14.5. The van der Waals surface area contributed by atoms with Crippen molar-refractivity contribution in [1.82, 2.24) is 4.90 Å². The van der Waals surface area contributed by atoms with Crippen molar-refractivity contribution in [3.8, 4) is 0 Å². The first-order valence-electron chi connectivity index (χ1n) is 7.61. The highest BCUT2D eigenvalue weighted by atomic mass is 79.9. The third kappa shape index (κ3) is 4.08. The summed E-state index contributed by atoms with van der Waals surface area (Å²) in [5.41, 5.74) is 0.981. The third-order valence-corrected chi connectivity index (χ3v) is 5.38. The van der Waals surface area contributed by atoms with Gasteiger partial charge in [-0.15, -0.1) is 0 Å². The van der Waals surface area contributed by atoms with E-state index in [0.29, 0.717) is 6.54 Å². The van der Waals surface area contributed by atoms with E-state index in [1.807, 2.05) is 38.1 Å². The van der Waals surface area contributed by atoms with Crippen molar-refractivity contribution >= 4 is 31.7 Å². The van der Waals surface area contributed by atoms with E-state index in [1.165, 1.54) is 12.1 Å². The van der Waals surface area contributed by atoms with Gasteiger partial charge in [0, 0.05) is 17.3 Å². The van der Waals surface area contributed by atoms with E-state index < -0.39 is 9.84 Å². The Kier molecular flexibility index (Phi) is 5.87. The van der Waals surface area contributed by atoms with Crippen molar-refractivity contribution in [3.05, 3.63) is 52.2 Å². The van der Waals surface area contributed by atoms with Gasteiger partial charge in [-0.1, -0.05) is 41.1 Å². The van der Waals surface area contributed by atoms with Crippen molar-refractivity contribution in [3.63, 3.8) is 0 Å². The zero-order chi connectivity index (χ0) is 17.9. The number of rotatable bonds is 6. The smallest absolute Gasteiger partial charge is 0.290 e. The summed E-state index contributed by atoms with van der Waals surface area (Å²) in [7, 11) is -3.48. The van der Waals surface area contributed by atoms with Gasteiger partial charge in [-0.25, -0.2) is 8.42 Å². The number of hydrogen-bond donors (Lipinski definition) is 0. The van der Waals surface area contributed by atoms with Gasteiger partial charge < -0.3 is 9.32 Å². The second-order valence-corrected chi connectivity index (χ2v) is 8.39. The minimum absolute atomic E-state index is 0.0304. The lowest BCUT2D eigenvalue weighted by Crippen LogP contribution is -2.34. The maximum Gasteiger partial charge on any atom is 0.290 e. The highest BCUT2D eigenvalue weighted by Gasteiger charge is 2.26. The number of amides is 1. The number of nitrogens with zero attached hydrogens (tertiary/aromatic N) is 1. The minimum Gasteiger partial charge on any atom is -0.440 e. The van der Waals surface area contributed by atoms with Crippen molar-refractivity contribution in [2.75, 3.05) is 12.8 Å². The van der Waals surface area contributed by atoms with Crippen molar-refractivity contribution in [2.24, 2.45) is 0 Å². The molecule has 1 unspecified atom stereocenters. The first-order chi connectivity index (χ1) is 11.3. The highest BCUT2D eigenvalue weighted by molar-refractivity contribution is 9.10. The summed E-state index contributed by atoms with van der Waals surface area (Å²) in [6.07, 6.45) is 1.83. The summed E-state index contributed by atoms with van der Waals surface area (Å²) in [6, 6.07) is 10.3. The molecule has 5 nitrogen and oxygen atoms in total. The van der Waals surface area contributed by atoms with Gasteiger partial charge in [-0.3, -0.25) is 4.79 Å². The molecular formula is C17H20BrNO4S. The van der Waals surface area contributed by atoms with Crippen LogP contribution < -0.4 is 0 Å². The van der Waals surface area contributed by atoms with Gasteiger partial charge >= 0.3 is 0 Å². The van der Waals surface area contributed by atoms with Crippen LogP contribution in [0.1, 0.15) is 42.4 Å². The summed E-state index contributed by atoms with van der Waals surface area (Å²) in [5.74, 6) is -0.294. The Bertz CT molecular complexity index is 829. The molecule has 1 heterocycles. The number of carbonyl (C=O) groups excluding carboxylic acids is 1. The molecule has 0 radical (unpaired) electrons. The molecule has 0 N–H and O–H groups in total. The van der Waals surface area contributed by atoms with Crippen LogP contribution in [0.4, 0.5) is 0 Å². The van der Waals surface area contributed by atoms with Gasteiger partial charge in [-0.05, 0) is 37.1 Å². The second kappa shape index (κ2) is 7.53. The summed E-state index contributed by atoms with van der Waals surface area (Å²) in [5, 5.41) is -0.198. The van der Waals surface area contributed by atoms with E-state index >= 15 is 0 Å². The monoisotopic (exact) mass is 413 g/mol. The molecule has 0 bridgehead atoms. The van der Waals surface area contributed by atoms with Crippen LogP contribution in [0.2, 0.25) is 0 Å². The number of benzene rings is 1. The number of carbonyl (C=O) groups is 1. The molecular weight excluding hydrogens is 394 g/mol. The van der Waals surface area contributed by atoms with Crippen molar-refractivity contribution in [2.45, 2.75) is 31.4 Å². The molecule has 0 aliphatic carbocycles. The topological polar surface area (TPSA) is 67.6 Å². The molecule has 0 saturated heterocycles. The maximum atomic E-state index is 12.8. The average Bonchev–Trinajstić information content (AvgIpc) is 3.02. The van der Waals surface area contributed by atoms with E-state index in [-0.39, 0.29) is 22.8 Å². The summed E-state index contributed by atoms with van der Waals surface area (Å²) >= 11 is 3.51. The van der Waals surface area contributed by atoms with Crippen LogP contribution in [0.5, 0.6) is 0 Å². The SMILES string of the molecule is CCCN(C(=O)c1ccc(S(C)(=O)=O)o1)C(C)c1ccccc1Br. The van der Waals surface area contributed by atoms with Crippen molar-refractivity contribution in [1.29, 1.82) is 0 Å². The fourth-order valence-corrected chi connectivity index (χ4v) is 3.64. The second-order valence-electron chi connectivity index (χ2n) is 5.59. The molecule has 0 fully saturated rings. The van der Waals surface area contributed by atoms with E-state index in [2.05, 4.69) is 15.9 Å². The number of furan rings is 1. The molecule has 1 aromatic heterocycles. The molecule has 0 aliphatic heterocycles. The maximum absolute atomic E-state index is 12.8. The fraction of sp³-hybridized carbons (Fsp3) is 0.353. The molecule has 2 rings (SSSR count). The van der Waals surface area contributed by atoms with Crippen LogP contribution in [0.25, 0.3) is 0 Å². The van der Waals surface area contributed by atoms with Crippen LogP contribution in [0, 0.1) is 0 Å². The van der Waals surface area contributed by atoms with Crippen LogP contribution >= 0.6 is 15.9 Å². The zero-order valence-corrected chi connectivity index (χ0v) is 16.2. The Labute approximate surface area is 150 Å². The molecule has 7 heteroatoms. The third-order valence-electron chi connectivity index (χ3n) is 3.71. The Morgan fingerprint density at radius 1 is 1.25 bits per heavy atom. The molecule has 1 atom stereocenters. The average molecular weight is 414 g/mol. The lowest BCUT2D eigenvalue weighted by Gasteiger charge is -2.29. The van der Waals surface area contributed by atoms with E-state index in [1.54, 1.807) is 4.90 Å². The van der Waals surface area contributed by atoms with Crippen LogP contribution in [0.3, 0.4) is 0 Å². The normalized spacial score (nSPS) is 12.8. The van der Waals surface area contributed by atoms with E-state index in [0.717, 1.165) is 22.7 Å². The molecule has 2 aromatic rings. The Morgan fingerprint density at radius 3 is 2.46 bits per heavy atom. The van der Waals surface area contributed by atoms with Gasteiger partial charge in [0.25, 0.3) is 5.91 Å². The molecule has 1 amide bonds. The van der Waals surface area contributed by atoms with Crippen LogP contribution in [0.15, 0.2) is 50.4 Å². The van der Waals surface area contributed by atoms with Gasteiger partial charge in [-0.2, -0.15) is 0 Å². The van der Waals surface area contributed by atoms with Gasteiger partial charge in [0.1, 0.15) is 0 Å². The Balaban J connectivity index is 2.35. The number of sulfone groups is 1. The fourth-order valence-electron chi connectivity index (χ4n) is 2.47.